The van der Waals surface area contributed by atoms with Crippen LogP contribution < -0.4 is 29.3 Å². The molecular formula is C50H58N8O10S. The van der Waals surface area contributed by atoms with Gasteiger partial charge in [0.1, 0.15) is 28.9 Å². The number of amides is 1. The number of rotatable bonds is 13. The van der Waals surface area contributed by atoms with Crippen LogP contribution in [0.3, 0.4) is 0 Å². The molecule has 1 aliphatic carbocycles. The Hall–Kier alpha value is -5.99. The minimum absolute atomic E-state index is 0.0910. The molecule has 0 unspecified atom stereocenters. The summed E-state index contributed by atoms with van der Waals surface area (Å²) in [5.74, 6) is 0.455. The minimum Gasteiger partial charge on any atom is -0.491 e. The van der Waals surface area contributed by atoms with Gasteiger partial charge in [0.2, 0.25) is 5.88 Å². The van der Waals surface area contributed by atoms with Crippen molar-refractivity contribution >= 4 is 55.4 Å². The second kappa shape index (κ2) is 18.4. The lowest BCUT2D eigenvalue weighted by Crippen LogP contribution is -2.55. The van der Waals surface area contributed by atoms with E-state index in [9.17, 15) is 23.3 Å². The third-order valence-corrected chi connectivity index (χ3v) is 16.2. The van der Waals surface area contributed by atoms with Crippen molar-refractivity contribution in [1.82, 2.24) is 19.6 Å². The van der Waals surface area contributed by atoms with Crippen LogP contribution in [0.1, 0.15) is 74.3 Å². The number of carbonyl (C=O) groups is 1. The molecule has 5 aromatic rings. The molecule has 4 saturated heterocycles. The Labute approximate surface area is 400 Å². The molecule has 1 saturated carbocycles. The maximum Gasteiger partial charge on any atom is 0.293 e. The number of likely N-dealkylation sites (tertiary alicyclic amines) is 1. The third-order valence-electron chi connectivity index (χ3n) is 14.9. The Balaban J connectivity index is 0.859. The van der Waals surface area contributed by atoms with Crippen LogP contribution in [0.15, 0.2) is 83.9 Å². The average molecular weight is 963 g/mol. The molecular weight excluding hydrogens is 905 g/mol. The van der Waals surface area contributed by atoms with E-state index in [1.807, 2.05) is 29.2 Å². The lowest BCUT2D eigenvalue weighted by Gasteiger charge is -2.56. The summed E-state index contributed by atoms with van der Waals surface area (Å²) in [7, 11) is -4.62. The fourth-order valence-corrected chi connectivity index (χ4v) is 12.4. The van der Waals surface area contributed by atoms with Crippen molar-refractivity contribution in [2.75, 3.05) is 74.3 Å². The third kappa shape index (κ3) is 8.83. The van der Waals surface area contributed by atoms with E-state index in [2.05, 4.69) is 62.9 Å². The number of hydrogen-bond acceptors (Lipinski definition) is 15. The Morgan fingerprint density at radius 3 is 2.62 bits per heavy atom. The first-order chi connectivity index (χ1) is 33.4. The Morgan fingerprint density at radius 2 is 1.83 bits per heavy atom. The molecule has 364 valence electrons. The Bertz CT molecular complexity index is 2850. The summed E-state index contributed by atoms with van der Waals surface area (Å²) in [4.78, 5) is 40.8. The molecule has 3 aromatic carbocycles. The molecule has 5 aliphatic heterocycles. The first-order valence-corrected chi connectivity index (χ1v) is 25.6. The second-order valence-corrected chi connectivity index (χ2v) is 21.2. The van der Waals surface area contributed by atoms with Crippen molar-refractivity contribution < 1.29 is 41.8 Å². The molecule has 19 heteroatoms. The summed E-state index contributed by atoms with van der Waals surface area (Å²) >= 11 is 0. The number of ether oxygens (including phenoxy) is 5. The molecule has 1 spiro atoms. The molecule has 69 heavy (non-hydrogen) atoms. The van der Waals surface area contributed by atoms with Gasteiger partial charge in [-0.15, -0.1) is 0 Å². The van der Waals surface area contributed by atoms with Crippen LogP contribution in [-0.2, 0) is 24.2 Å². The lowest BCUT2D eigenvalue weighted by molar-refractivity contribution is -0.384. The van der Waals surface area contributed by atoms with E-state index in [-0.39, 0.29) is 41.5 Å². The van der Waals surface area contributed by atoms with Crippen LogP contribution in [0, 0.1) is 15.5 Å². The Kier molecular flexibility index (Phi) is 12.1. The van der Waals surface area contributed by atoms with Crippen LogP contribution in [-0.4, -0.2) is 124 Å². The van der Waals surface area contributed by atoms with Crippen LogP contribution in [0.2, 0.25) is 0 Å². The summed E-state index contributed by atoms with van der Waals surface area (Å²) in [5, 5.41) is 16.1. The number of sulfonamides is 1. The predicted octanol–water partition coefficient (Wildman–Crippen LogP) is 7.09. The van der Waals surface area contributed by atoms with Gasteiger partial charge in [0.25, 0.3) is 21.6 Å². The van der Waals surface area contributed by atoms with E-state index in [1.165, 1.54) is 24.1 Å². The zero-order valence-electron chi connectivity index (χ0n) is 38.8. The normalized spacial score (nSPS) is 23.6. The summed E-state index contributed by atoms with van der Waals surface area (Å²) < 4.78 is 60.1. The molecule has 4 atom stereocenters. The van der Waals surface area contributed by atoms with Gasteiger partial charge >= 0.3 is 0 Å². The number of piperidine rings is 1. The van der Waals surface area contributed by atoms with Gasteiger partial charge in [-0.1, -0.05) is 18.2 Å². The number of para-hydroxylation sites is 1. The highest BCUT2D eigenvalue weighted by Gasteiger charge is 2.50. The number of hydrogen-bond donors (Lipinski definition) is 3. The standard InChI is InChI=1S/C50H58N8O10S/c1-31(2)67-45-8-4-3-6-37(45)40-7-5-17-56(40)34-25-50(26-34)14-18-55(19-15-50)33-9-11-38(41(23-33)57-43-22-32-13-16-51-47(32)53-49(43)68-46-30-65-29-44(46)57)48(59)54-69(62,63)36-10-12-39(42(24-36)58(60)61)52-27-35-28-64-20-21-66-35/h3-4,6,8-13,16,22-24,31,34-35,40,44,46,52H,5,7,14-15,17-21,25-30H2,1-2H3,(H,51,53)(H,54,59)/t35-,40-,44+,46+/m0/s1. The molecule has 6 aliphatic rings. The highest BCUT2D eigenvalue weighted by molar-refractivity contribution is 7.90. The van der Waals surface area contributed by atoms with Crippen molar-refractivity contribution in [2.45, 2.75) is 93.7 Å². The highest BCUT2D eigenvalue weighted by atomic mass is 32.2. The molecule has 0 bridgehead atoms. The zero-order valence-corrected chi connectivity index (χ0v) is 39.6. The minimum atomic E-state index is -4.62. The van der Waals surface area contributed by atoms with Gasteiger partial charge in [-0.3, -0.25) is 19.8 Å². The number of pyridine rings is 1. The summed E-state index contributed by atoms with van der Waals surface area (Å²) in [6, 6.07) is 21.9. The van der Waals surface area contributed by atoms with Gasteiger partial charge in [-0.2, -0.15) is 4.98 Å². The van der Waals surface area contributed by atoms with Gasteiger partial charge in [0.15, 0.2) is 0 Å². The first kappa shape index (κ1) is 45.5. The maximum absolute atomic E-state index is 14.6. The molecule has 5 fully saturated rings. The quantitative estimate of drug-likeness (QED) is 0.0797. The fourth-order valence-electron chi connectivity index (χ4n) is 11.4. The van der Waals surface area contributed by atoms with Gasteiger partial charge in [-0.05, 0) is 113 Å². The number of nitrogens with one attached hydrogen (secondary N) is 3. The number of aromatic amines is 1. The van der Waals surface area contributed by atoms with Crippen molar-refractivity contribution in [3.05, 3.63) is 100 Å². The largest absolute Gasteiger partial charge is 0.491 e. The van der Waals surface area contributed by atoms with Gasteiger partial charge in [-0.25, -0.2) is 13.1 Å². The van der Waals surface area contributed by atoms with E-state index in [0.29, 0.717) is 68.0 Å². The van der Waals surface area contributed by atoms with Gasteiger partial charge in [0.05, 0.1) is 72.4 Å². The summed E-state index contributed by atoms with van der Waals surface area (Å²) in [6.45, 7) is 8.91. The van der Waals surface area contributed by atoms with Crippen molar-refractivity contribution in [2.24, 2.45) is 5.41 Å². The number of fused-ring (bicyclic) bond motifs is 3. The average Bonchev–Trinajstić information content (AvgIpc) is 4.13. The van der Waals surface area contributed by atoms with E-state index >= 15 is 0 Å². The number of anilines is 4. The van der Waals surface area contributed by atoms with E-state index in [0.717, 1.165) is 74.6 Å². The summed E-state index contributed by atoms with van der Waals surface area (Å²) in [5.41, 5.74) is 3.90. The monoisotopic (exact) mass is 962 g/mol. The number of H-pyrrole nitrogens is 1. The molecule has 3 N–H and O–H groups in total. The molecule has 7 heterocycles. The molecule has 1 amide bonds. The topological polar surface area (TPSA) is 203 Å². The predicted molar refractivity (Wildman–Crippen MR) is 258 cm³/mol. The van der Waals surface area contributed by atoms with Crippen LogP contribution in [0.25, 0.3) is 11.0 Å². The van der Waals surface area contributed by atoms with Crippen LogP contribution >= 0.6 is 0 Å². The van der Waals surface area contributed by atoms with Crippen molar-refractivity contribution in [3.8, 4) is 11.6 Å². The molecule has 18 nitrogen and oxygen atoms in total. The van der Waals surface area contributed by atoms with E-state index in [1.54, 1.807) is 12.3 Å². The number of nitro groups is 1. The molecule has 0 radical (unpaired) electrons. The maximum atomic E-state index is 14.6. The lowest BCUT2D eigenvalue weighted by atomic mass is 9.60. The van der Waals surface area contributed by atoms with E-state index < -0.39 is 37.5 Å². The Morgan fingerprint density at radius 1 is 0.986 bits per heavy atom. The number of carbonyl (C=O) groups excluding carboxylic acids is 1. The number of nitrogens with zero attached hydrogens (tertiary/aromatic N) is 5. The van der Waals surface area contributed by atoms with E-state index in [4.69, 9.17) is 28.7 Å². The van der Waals surface area contributed by atoms with Crippen molar-refractivity contribution in [3.63, 3.8) is 0 Å². The van der Waals surface area contributed by atoms with Gasteiger partial charge in [0, 0.05) is 60.6 Å². The highest BCUT2D eigenvalue weighted by Crippen LogP contribution is 2.55. The smallest absolute Gasteiger partial charge is 0.293 e. The second-order valence-electron chi connectivity index (χ2n) is 19.5. The fraction of sp³-hybridized carbons (Fsp3) is 0.480. The SMILES string of the molecule is CC(C)Oc1ccccc1[C@@H]1CCCN1C1CC2(CCN(c3ccc(C(=O)NS(=O)(=O)c4ccc(NC[C@H]5COCCO5)c([N+](=O)[O-])c4)c(N4c5cc6cc[nH]c6nc5O[C@@H]5COC[C@H]54)c3)CC2)C1. The number of nitro benzene ring substituents is 1. The molecule has 2 aromatic heterocycles. The first-order valence-electron chi connectivity index (χ1n) is 24.1. The van der Waals surface area contributed by atoms with Crippen LogP contribution in [0.5, 0.6) is 11.6 Å². The molecule has 11 rings (SSSR count). The number of benzene rings is 3. The summed E-state index contributed by atoms with van der Waals surface area (Å²) in [6.07, 6.45) is 7.85. The van der Waals surface area contributed by atoms with Crippen molar-refractivity contribution in [1.29, 1.82) is 0 Å². The number of aromatic nitrogens is 2. The van der Waals surface area contributed by atoms with Crippen LogP contribution in [0.4, 0.5) is 28.4 Å². The zero-order chi connectivity index (χ0) is 47.4. The van der Waals surface area contributed by atoms with Gasteiger partial charge < -0.3 is 43.8 Å².